The molecule has 2 aliphatic rings. The van der Waals surface area contributed by atoms with Gasteiger partial charge in [-0.15, -0.1) is 0 Å². The van der Waals surface area contributed by atoms with Crippen LogP contribution in [-0.4, -0.2) is 60.3 Å². The molecule has 2 heterocycles. The highest BCUT2D eigenvalue weighted by molar-refractivity contribution is 7.81. The van der Waals surface area contributed by atoms with Gasteiger partial charge in [0.2, 0.25) is 0 Å². The Morgan fingerprint density at radius 3 is 2.56 bits per heavy atom. The Hall–Kier alpha value is -3.20. The lowest BCUT2D eigenvalue weighted by molar-refractivity contribution is -0.137. The number of amides is 1. The summed E-state index contributed by atoms with van der Waals surface area (Å²) in [6.07, 6.45) is -4.08. The van der Waals surface area contributed by atoms with E-state index in [1.807, 2.05) is 25.1 Å². The average Bonchev–Trinajstić information content (AvgIpc) is 3.06. The molecule has 4 rings (SSSR count). The van der Waals surface area contributed by atoms with E-state index in [0.717, 1.165) is 54.5 Å². The number of carbonyl (C=O) groups excluding carboxylic acids is 1. The largest absolute Gasteiger partial charge is 0.492 e. The Bertz CT molecular complexity index is 1310. The second-order valence-electron chi connectivity index (χ2n) is 10.3. The molecule has 2 aliphatic heterocycles. The number of rotatable bonds is 7. The summed E-state index contributed by atoms with van der Waals surface area (Å²) in [6, 6.07) is 10.8. The van der Waals surface area contributed by atoms with Gasteiger partial charge in [0.25, 0.3) is 5.91 Å². The predicted octanol–water partition coefficient (Wildman–Crippen LogP) is 4.73. The molecule has 0 aliphatic carbocycles. The highest BCUT2D eigenvalue weighted by atomic mass is 32.1. The van der Waals surface area contributed by atoms with Crippen LogP contribution >= 0.6 is 12.2 Å². The third-order valence-corrected chi connectivity index (χ3v) is 7.52. The van der Waals surface area contributed by atoms with Crippen LogP contribution in [0.15, 0.2) is 36.4 Å². The van der Waals surface area contributed by atoms with E-state index in [0.29, 0.717) is 24.8 Å². The number of halogens is 3. The van der Waals surface area contributed by atoms with Crippen molar-refractivity contribution in [1.29, 1.82) is 5.26 Å². The van der Waals surface area contributed by atoms with E-state index in [9.17, 15) is 18.0 Å². The molecule has 2 aromatic carbocycles. The van der Waals surface area contributed by atoms with Gasteiger partial charge < -0.3 is 15.0 Å². The number of alkyl halides is 3. The molecule has 0 aromatic heterocycles. The molecule has 2 saturated heterocycles. The molecule has 1 N–H and O–H groups in total. The summed E-state index contributed by atoms with van der Waals surface area (Å²) in [6.45, 7) is 11.8. The van der Waals surface area contributed by atoms with Crippen molar-refractivity contribution in [2.45, 2.75) is 51.9 Å². The highest BCUT2D eigenvalue weighted by Crippen LogP contribution is 2.40. The Balaban J connectivity index is 1.58. The van der Waals surface area contributed by atoms with Crippen molar-refractivity contribution < 1.29 is 22.7 Å². The third kappa shape index (κ3) is 5.73. The van der Waals surface area contributed by atoms with E-state index in [-0.39, 0.29) is 10.8 Å². The number of aryl methyl sites for hydroxylation is 1. The minimum atomic E-state index is -4.75. The highest BCUT2D eigenvalue weighted by Gasteiger charge is 2.50. The van der Waals surface area contributed by atoms with Gasteiger partial charge in [-0.3, -0.25) is 14.6 Å². The second kappa shape index (κ2) is 11.1. The summed E-state index contributed by atoms with van der Waals surface area (Å²) in [5, 5.41) is 12.6. The fraction of sp³-hybridized carbons (Fsp3) is 0.464. The van der Waals surface area contributed by atoms with Crippen LogP contribution in [0, 0.1) is 11.3 Å². The van der Waals surface area contributed by atoms with Gasteiger partial charge in [0.1, 0.15) is 17.9 Å². The topological polar surface area (TPSA) is 71.8 Å². The summed E-state index contributed by atoms with van der Waals surface area (Å²) >= 11 is 5.66. The number of nitrogens with one attached hydrogen (secondary N) is 1. The number of hydrogen-bond acceptors (Lipinski definition) is 6. The molecule has 11 heteroatoms. The van der Waals surface area contributed by atoms with E-state index < -0.39 is 28.7 Å². The molecule has 7 nitrogen and oxygen atoms in total. The molecule has 0 bridgehead atoms. The van der Waals surface area contributed by atoms with E-state index in [1.54, 1.807) is 24.8 Å². The molecule has 0 spiro atoms. The standard InChI is InChI=1S/C28H32F3N5O2S/c1-5-19-14-22(8-9-24(19)38-13-12-34-11-10-33-18(2)17-34)36-26(39)35(25(37)27(36,3)4)21-7-6-20(16-32)23(15-21)28(29,30)31/h6-9,14-15,18,33H,5,10-13,17H2,1-4H3/t18-/m1/s1. The van der Waals surface area contributed by atoms with Crippen LogP contribution < -0.4 is 19.9 Å². The molecule has 1 amide bonds. The van der Waals surface area contributed by atoms with E-state index in [2.05, 4.69) is 17.1 Å². The van der Waals surface area contributed by atoms with Gasteiger partial charge in [0.15, 0.2) is 5.11 Å². The van der Waals surface area contributed by atoms with Crippen molar-refractivity contribution >= 4 is 34.6 Å². The van der Waals surface area contributed by atoms with Gasteiger partial charge in [-0.1, -0.05) is 6.92 Å². The van der Waals surface area contributed by atoms with Crippen LogP contribution in [-0.2, 0) is 17.4 Å². The lowest BCUT2D eigenvalue weighted by Gasteiger charge is -2.32. The number of anilines is 2. The Labute approximate surface area is 232 Å². The van der Waals surface area contributed by atoms with E-state index in [4.69, 9.17) is 22.2 Å². The molecule has 2 aromatic rings. The number of nitriles is 1. The minimum absolute atomic E-state index is 0.0372. The van der Waals surface area contributed by atoms with Crippen molar-refractivity contribution in [2.24, 2.45) is 0 Å². The Morgan fingerprint density at radius 2 is 1.92 bits per heavy atom. The van der Waals surface area contributed by atoms with Crippen molar-refractivity contribution in [3.8, 4) is 11.8 Å². The summed E-state index contributed by atoms with van der Waals surface area (Å²) in [7, 11) is 0. The maximum Gasteiger partial charge on any atom is 0.417 e. The molecule has 0 radical (unpaired) electrons. The fourth-order valence-corrected chi connectivity index (χ4v) is 5.60. The smallest absolute Gasteiger partial charge is 0.417 e. The quantitative estimate of drug-likeness (QED) is 0.492. The van der Waals surface area contributed by atoms with Crippen LogP contribution in [0.5, 0.6) is 5.75 Å². The number of nitrogens with zero attached hydrogens (tertiary/aromatic N) is 4. The van der Waals surface area contributed by atoms with Gasteiger partial charge in [0, 0.05) is 37.9 Å². The number of piperazine rings is 1. The first-order chi connectivity index (χ1) is 18.4. The SMILES string of the molecule is CCc1cc(N2C(=S)N(c3ccc(C#N)c(C(F)(F)F)c3)C(=O)C2(C)C)ccc1OCCN1CCN[C@H](C)C1. The van der Waals surface area contributed by atoms with Gasteiger partial charge in [-0.05, 0) is 81.4 Å². The van der Waals surface area contributed by atoms with E-state index in [1.165, 1.54) is 6.07 Å². The summed E-state index contributed by atoms with van der Waals surface area (Å²) in [5.41, 5.74) is -1.25. The number of benzene rings is 2. The van der Waals surface area contributed by atoms with Crippen molar-refractivity contribution in [3.05, 3.63) is 53.1 Å². The Kier molecular flexibility index (Phi) is 8.21. The monoisotopic (exact) mass is 559 g/mol. The zero-order chi connectivity index (χ0) is 28.5. The molecule has 0 saturated carbocycles. The average molecular weight is 560 g/mol. The zero-order valence-electron chi connectivity index (χ0n) is 22.4. The second-order valence-corrected chi connectivity index (χ2v) is 10.7. The lowest BCUT2D eigenvalue weighted by atomic mass is 10.0. The van der Waals surface area contributed by atoms with Crippen molar-refractivity contribution in [2.75, 3.05) is 42.6 Å². The summed E-state index contributed by atoms with van der Waals surface area (Å²) in [4.78, 5) is 18.6. The van der Waals surface area contributed by atoms with Crippen LogP contribution in [0.1, 0.15) is 44.4 Å². The van der Waals surface area contributed by atoms with Crippen LogP contribution in [0.2, 0.25) is 0 Å². The Morgan fingerprint density at radius 1 is 1.21 bits per heavy atom. The molecular weight excluding hydrogens is 527 g/mol. The zero-order valence-corrected chi connectivity index (χ0v) is 23.2. The normalized spacial score (nSPS) is 19.9. The van der Waals surface area contributed by atoms with Gasteiger partial charge >= 0.3 is 6.18 Å². The number of ether oxygens (including phenoxy) is 1. The molecule has 0 unspecified atom stereocenters. The first kappa shape index (κ1) is 28.8. The van der Waals surface area contributed by atoms with Crippen LogP contribution in [0.3, 0.4) is 0 Å². The maximum atomic E-state index is 13.6. The van der Waals surface area contributed by atoms with Gasteiger partial charge in [-0.25, -0.2) is 0 Å². The first-order valence-electron chi connectivity index (χ1n) is 12.9. The predicted molar refractivity (Wildman–Crippen MR) is 148 cm³/mol. The molecular formula is C28H32F3N5O2S. The van der Waals surface area contributed by atoms with Crippen LogP contribution in [0.25, 0.3) is 0 Å². The van der Waals surface area contributed by atoms with E-state index >= 15 is 0 Å². The number of hydrogen-bond donors (Lipinski definition) is 1. The van der Waals surface area contributed by atoms with Gasteiger partial charge in [-0.2, -0.15) is 18.4 Å². The molecule has 208 valence electrons. The van der Waals surface area contributed by atoms with Crippen molar-refractivity contribution in [1.82, 2.24) is 10.2 Å². The summed E-state index contributed by atoms with van der Waals surface area (Å²) in [5.74, 6) is 0.284. The number of carbonyl (C=O) groups is 1. The molecule has 39 heavy (non-hydrogen) atoms. The van der Waals surface area contributed by atoms with Gasteiger partial charge in [0.05, 0.1) is 22.9 Å². The fourth-order valence-electron chi connectivity index (χ4n) is 5.08. The minimum Gasteiger partial charge on any atom is -0.492 e. The van der Waals surface area contributed by atoms with Crippen LogP contribution in [0.4, 0.5) is 24.5 Å². The first-order valence-corrected chi connectivity index (χ1v) is 13.3. The lowest BCUT2D eigenvalue weighted by Crippen LogP contribution is -2.50. The van der Waals surface area contributed by atoms with Crippen molar-refractivity contribution in [3.63, 3.8) is 0 Å². The summed E-state index contributed by atoms with van der Waals surface area (Å²) < 4.78 is 46.9. The molecule has 2 fully saturated rings. The molecule has 1 atom stereocenters. The third-order valence-electron chi connectivity index (χ3n) is 7.16. The number of thiocarbonyl (C=S) groups is 1. The maximum absolute atomic E-state index is 13.6.